The number of nitrogens with zero attached hydrogens (tertiary/aromatic N) is 3. The molecule has 6 rings (SSSR count). The van der Waals surface area contributed by atoms with Gasteiger partial charge in [-0.25, -0.2) is 23.5 Å². The standard InChI is InChI=1S/C24H28F2N4O4S.BrH/c25-23(26)6-1-17(11-23)24(33,18-5-10-35-14-18)22(32)34-19-12-30(8-3-16(19)4-9-30)13-21(31)29-20-2-7-27-15-28-20;/h2,5,7,10,14-17,19,33H,1,3-4,6,8-9,11-13H2;1H/t16?,17?,19?,24-,30?;/m1./s1. The number of quaternary nitrogens is 1. The predicted molar refractivity (Wildman–Crippen MR) is 123 cm³/mol. The van der Waals surface area contributed by atoms with E-state index in [1.807, 2.05) is 0 Å². The Morgan fingerprint density at radius 2 is 2.06 bits per heavy atom. The van der Waals surface area contributed by atoms with Gasteiger partial charge in [0.2, 0.25) is 5.92 Å². The number of thiophene rings is 1. The molecule has 5 heterocycles. The fraction of sp³-hybridized carbons (Fsp3) is 0.583. The Morgan fingerprint density at radius 3 is 2.67 bits per heavy atom. The summed E-state index contributed by atoms with van der Waals surface area (Å²) >= 11 is 1.30. The fourth-order valence-corrected chi connectivity index (χ4v) is 6.67. The highest BCUT2D eigenvalue weighted by atomic mass is 79.9. The molecule has 0 radical (unpaired) electrons. The number of carbonyl (C=O) groups excluding carboxylic acids is 2. The Morgan fingerprint density at radius 1 is 1.28 bits per heavy atom. The first-order chi connectivity index (χ1) is 16.7. The van der Waals surface area contributed by atoms with E-state index in [2.05, 4.69) is 15.3 Å². The molecule has 8 nitrogen and oxygen atoms in total. The second-order valence-corrected chi connectivity index (χ2v) is 10.9. The van der Waals surface area contributed by atoms with Crippen LogP contribution in [0.3, 0.4) is 0 Å². The van der Waals surface area contributed by atoms with Crippen molar-refractivity contribution >= 4 is 29.0 Å². The van der Waals surface area contributed by atoms with Crippen LogP contribution in [-0.4, -0.2) is 69.6 Å². The summed E-state index contributed by atoms with van der Waals surface area (Å²) in [6, 6.07) is 3.22. The number of hydrogen-bond acceptors (Lipinski definition) is 7. The maximum Gasteiger partial charge on any atom is 0.343 e. The lowest BCUT2D eigenvalue weighted by molar-refractivity contribution is -0.939. The van der Waals surface area contributed by atoms with Crippen molar-refractivity contribution in [2.75, 3.05) is 31.5 Å². The highest BCUT2D eigenvalue weighted by Gasteiger charge is 2.56. The quantitative estimate of drug-likeness (QED) is 0.349. The van der Waals surface area contributed by atoms with Crippen LogP contribution in [0.5, 0.6) is 0 Å². The summed E-state index contributed by atoms with van der Waals surface area (Å²) in [5, 5.41) is 17.7. The molecule has 2 N–H and O–H groups in total. The summed E-state index contributed by atoms with van der Waals surface area (Å²) < 4.78 is 34.5. The lowest BCUT2D eigenvalue weighted by atomic mass is 9.80. The molecule has 2 aromatic heterocycles. The van der Waals surface area contributed by atoms with Crippen molar-refractivity contribution in [2.45, 2.75) is 49.7 Å². The van der Waals surface area contributed by atoms with Crippen molar-refractivity contribution in [1.82, 2.24) is 9.97 Å². The van der Waals surface area contributed by atoms with E-state index in [-0.39, 0.29) is 48.2 Å². The Kier molecular flexibility index (Phi) is 7.80. The second kappa shape index (κ2) is 10.4. The highest BCUT2D eigenvalue weighted by Crippen LogP contribution is 2.49. The summed E-state index contributed by atoms with van der Waals surface area (Å²) in [5.41, 5.74) is -1.80. The zero-order chi connectivity index (χ0) is 24.7. The number of amides is 1. The SMILES string of the molecule is O=C(C[N+]12CCC(CC1)C(OC(=O)[C@](O)(c1ccsc1)C1CCC(F)(F)C1)C2)Nc1ccncn1.[Br-]. The maximum absolute atomic E-state index is 14.0. The van der Waals surface area contributed by atoms with E-state index in [4.69, 9.17) is 4.74 Å². The lowest BCUT2D eigenvalue weighted by Crippen LogP contribution is -3.00. The molecule has 1 aliphatic carbocycles. The summed E-state index contributed by atoms with van der Waals surface area (Å²) in [4.78, 5) is 34.1. The van der Waals surface area contributed by atoms with Crippen LogP contribution >= 0.6 is 11.3 Å². The van der Waals surface area contributed by atoms with Crippen LogP contribution in [-0.2, 0) is 19.9 Å². The van der Waals surface area contributed by atoms with Crippen molar-refractivity contribution in [1.29, 1.82) is 0 Å². The number of rotatable bonds is 7. The number of piperidine rings is 3. The minimum absolute atomic E-state index is 0. The summed E-state index contributed by atoms with van der Waals surface area (Å²) in [6.07, 6.45) is 3.14. The number of ether oxygens (including phenoxy) is 1. The van der Waals surface area contributed by atoms with Gasteiger partial charge in [0.05, 0.1) is 13.1 Å². The Labute approximate surface area is 222 Å². The van der Waals surface area contributed by atoms with Crippen molar-refractivity contribution < 1.29 is 49.7 Å². The fourth-order valence-electron chi connectivity index (χ4n) is 5.96. The van der Waals surface area contributed by atoms with Crippen LogP contribution in [0, 0.1) is 11.8 Å². The van der Waals surface area contributed by atoms with Crippen molar-refractivity contribution in [3.63, 3.8) is 0 Å². The number of anilines is 1. The number of halogens is 3. The molecule has 12 heteroatoms. The van der Waals surface area contributed by atoms with E-state index in [1.165, 1.54) is 17.7 Å². The Bertz CT molecular complexity index is 1070. The molecule has 1 saturated carbocycles. The largest absolute Gasteiger partial charge is 1.00 e. The van der Waals surface area contributed by atoms with Crippen LogP contribution < -0.4 is 22.3 Å². The first-order valence-corrected chi connectivity index (χ1v) is 12.9. The van der Waals surface area contributed by atoms with Gasteiger partial charge in [-0.15, -0.1) is 0 Å². The van der Waals surface area contributed by atoms with Crippen LogP contribution in [0.25, 0.3) is 0 Å². The number of aliphatic hydroxyl groups is 1. The van der Waals surface area contributed by atoms with Crippen LogP contribution in [0.2, 0.25) is 0 Å². The van der Waals surface area contributed by atoms with E-state index in [1.54, 1.807) is 29.1 Å². The average molecular weight is 587 g/mol. The van der Waals surface area contributed by atoms with Gasteiger partial charge in [-0.3, -0.25) is 4.79 Å². The molecule has 4 aliphatic rings. The van der Waals surface area contributed by atoms with Gasteiger partial charge in [0, 0.05) is 49.3 Å². The smallest absolute Gasteiger partial charge is 0.343 e. The third kappa shape index (κ3) is 5.32. The number of esters is 1. The predicted octanol–water partition coefficient (Wildman–Crippen LogP) is -0.0440. The molecule has 3 saturated heterocycles. The van der Waals surface area contributed by atoms with Crippen LogP contribution in [0.1, 0.15) is 37.7 Å². The van der Waals surface area contributed by atoms with Crippen molar-refractivity contribution in [3.05, 3.63) is 41.0 Å². The number of hydrogen-bond donors (Lipinski definition) is 2. The van der Waals surface area contributed by atoms with Gasteiger partial charge in [0.1, 0.15) is 18.7 Å². The average Bonchev–Trinajstić information content (AvgIpc) is 3.50. The highest BCUT2D eigenvalue weighted by molar-refractivity contribution is 7.08. The molecule has 0 aromatic carbocycles. The van der Waals surface area contributed by atoms with Gasteiger partial charge in [0.15, 0.2) is 18.2 Å². The van der Waals surface area contributed by atoms with Crippen molar-refractivity contribution in [3.8, 4) is 0 Å². The summed E-state index contributed by atoms with van der Waals surface area (Å²) in [6.45, 7) is 2.25. The number of carbonyl (C=O) groups is 2. The van der Waals surface area contributed by atoms with Gasteiger partial charge in [-0.2, -0.15) is 11.3 Å². The van der Waals surface area contributed by atoms with Crippen molar-refractivity contribution in [2.24, 2.45) is 11.8 Å². The first kappa shape index (κ1) is 27.0. The molecule has 2 aromatic rings. The van der Waals surface area contributed by atoms with Crippen LogP contribution in [0.15, 0.2) is 35.4 Å². The molecule has 0 spiro atoms. The minimum Gasteiger partial charge on any atom is -1.00 e. The van der Waals surface area contributed by atoms with E-state index in [0.717, 1.165) is 25.9 Å². The minimum atomic E-state index is -2.91. The third-order valence-electron chi connectivity index (χ3n) is 7.90. The molecule has 3 aliphatic heterocycles. The monoisotopic (exact) mass is 586 g/mol. The first-order valence-electron chi connectivity index (χ1n) is 11.9. The van der Waals surface area contributed by atoms with Gasteiger partial charge >= 0.3 is 5.97 Å². The van der Waals surface area contributed by atoms with E-state index in [0.29, 0.717) is 22.4 Å². The molecule has 4 fully saturated rings. The number of nitrogens with one attached hydrogen (secondary N) is 1. The molecular formula is C24H29BrF2N4O4S. The molecule has 1 amide bonds. The van der Waals surface area contributed by atoms with Gasteiger partial charge in [-0.1, -0.05) is 0 Å². The zero-order valence-corrected chi connectivity index (χ0v) is 22.0. The Hall–Kier alpha value is -2.02. The number of aromatic nitrogens is 2. The second-order valence-electron chi connectivity index (χ2n) is 10.1. The van der Waals surface area contributed by atoms with E-state index in [9.17, 15) is 23.5 Å². The molecule has 2 unspecified atom stereocenters. The Balaban J connectivity index is 0.00000304. The number of fused-ring (bicyclic) bond motifs is 3. The molecule has 3 atom stereocenters. The van der Waals surface area contributed by atoms with Gasteiger partial charge < -0.3 is 36.6 Å². The zero-order valence-electron chi connectivity index (χ0n) is 19.6. The van der Waals surface area contributed by atoms with Gasteiger partial charge in [-0.05, 0) is 29.3 Å². The molecule has 196 valence electrons. The topological polar surface area (TPSA) is 101 Å². The summed E-state index contributed by atoms with van der Waals surface area (Å²) in [5.74, 6) is -4.31. The normalized spacial score (nSPS) is 30.1. The third-order valence-corrected chi connectivity index (χ3v) is 8.58. The lowest BCUT2D eigenvalue weighted by Gasteiger charge is -2.51. The molecule has 36 heavy (non-hydrogen) atoms. The van der Waals surface area contributed by atoms with Crippen LogP contribution in [0.4, 0.5) is 14.6 Å². The van der Waals surface area contributed by atoms with E-state index >= 15 is 0 Å². The molecule has 2 bridgehead atoms. The number of alkyl halides is 2. The molecular weight excluding hydrogens is 558 g/mol. The van der Waals surface area contributed by atoms with E-state index < -0.39 is 35.9 Å². The van der Waals surface area contributed by atoms with Gasteiger partial charge in [0.25, 0.3) is 5.91 Å². The summed E-state index contributed by atoms with van der Waals surface area (Å²) in [7, 11) is 0. The maximum atomic E-state index is 14.0.